The van der Waals surface area contributed by atoms with E-state index < -0.39 is 0 Å². The van der Waals surface area contributed by atoms with Crippen LogP contribution in [0.3, 0.4) is 0 Å². The minimum Gasteiger partial charge on any atom is -0.454 e. The highest BCUT2D eigenvalue weighted by Gasteiger charge is 2.16. The van der Waals surface area contributed by atoms with Crippen LogP contribution in [0.5, 0.6) is 11.5 Å². The molecule has 0 atom stereocenters. The molecule has 0 aliphatic carbocycles. The maximum atomic E-state index is 6.12. The summed E-state index contributed by atoms with van der Waals surface area (Å²) in [6.07, 6.45) is 0. The Kier molecular flexibility index (Phi) is 2.68. The Bertz CT molecular complexity index is 803. The second-order valence-electron chi connectivity index (χ2n) is 4.85. The minimum absolute atomic E-state index is 0.259. The molecule has 0 radical (unpaired) electrons. The first-order chi connectivity index (χ1) is 10.2. The molecule has 1 aromatic heterocycles. The molecule has 2 heterocycles. The molecule has 21 heavy (non-hydrogen) atoms. The summed E-state index contributed by atoms with van der Waals surface area (Å²) < 4.78 is 10.7. The molecule has 1 aliphatic heterocycles. The number of aromatic nitrogens is 2. The van der Waals surface area contributed by atoms with E-state index in [1.807, 2.05) is 37.3 Å². The number of nitrogens with zero attached hydrogens (tertiary/aromatic N) is 1. The normalized spacial score (nSPS) is 12.9. The van der Waals surface area contributed by atoms with Gasteiger partial charge in [-0.3, -0.25) is 0 Å². The summed E-state index contributed by atoms with van der Waals surface area (Å²) in [6, 6.07) is 9.47. The van der Waals surface area contributed by atoms with Crippen LogP contribution in [0.1, 0.15) is 5.56 Å². The first-order valence-corrected chi connectivity index (χ1v) is 6.90. The molecule has 0 fully saturated rings. The van der Waals surface area contributed by atoms with Crippen molar-refractivity contribution in [1.82, 2.24) is 9.97 Å². The van der Waals surface area contributed by atoms with E-state index in [0.29, 0.717) is 5.95 Å². The van der Waals surface area contributed by atoms with Crippen LogP contribution in [0.25, 0.3) is 11.0 Å². The SMILES string of the molecule is Cc1c(Cl)cccc1Nc1nc2cc3c(cc2[nH]1)OCO3. The molecule has 0 bridgehead atoms. The third-order valence-corrected chi connectivity index (χ3v) is 3.91. The standard InChI is InChI=1S/C15H12ClN3O2/c1-8-9(16)3-2-4-10(8)17-15-18-11-5-13-14(21-7-20-13)6-12(11)19-15/h2-6H,7H2,1H3,(H2,17,18,19). The Labute approximate surface area is 125 Å². The van der Waals surface area contributed by atoms with Crippen LogP contribution in [0.2, 0.25) is 5.02 Å². The molecule has 6 heteroatoms. The third-order valence-electron chi connectivity index (χ3n) is 3.50. The number of ether oxygens (including phenoxy) is 2. The Morgan fingerprint density at radius 3 is 2.90 bits per heavy atom. The Morgan fingerprint density at radius 1 is 1.24 bits per heavy atom. The highest BCUT2D eigenvalue weighted by molar-refractivity contribution is 6.31. The number of fused-ring (bicyclic) bond motifs is 2. The van der Waals surface area contributed by atoms with E-state index >= 15 is 0 Å². The molecule has 4 rings (SSSR count). The van der Waals surface area contributed by atoms with Crippen molar-refractivity contribution >= 4 is 34.3 Å². The molecule has 1 aliphatic rings. The van der Waals surface area contributed by atoms with Crippen molar-refractivity contribution in [2.75, 3.05) is 12.1 Å². The molecule has 0 saturated carbocycles. The zero-order valence-corrected chi connectivity index (χ0v) is 12.0. The van der Waals surface area contributed by atoms with Crippen LogP contribution < -0.4 is 14.8 Å². The number of imidazole rings is 1. The molecule has 0 spiro atoms. The summed E-state index contributed by atoms with van der Waals surface area (Å²) in [4.78, 5) is 7.73. The monoisotopic (exact) mass is 301 g/mol. The van der Waals surface area contributed by atoms with Gasteiger partial charge in [0.15, 0.2) is 11.5 Å². The van der Waals surface area contributed by atoms with Crippen LogP contribution in [0, 0.1) is 6.92 Å². The Hall–Kier alpha value is -2.40. The zero-order valence-electron chi connectivity index (χ0n) is 11.2. The van der Waals surface area contributed by atoms with Crippen LogP contribution >= 0.6 is 11.6 Å². The number of benzene rings is 2. The summed E-state index contributed by atoms with van der Waals surface area (Å²) in [7, 11) is 0. The molecular formula is C15H12ClN3O2. The van der Waals surface area contributed by atoms with Gasteiger partial charge in [0.25, 0.3) is 0 Å². The number of anilines is 2. The van der Waals surface area contributed by atoms with Gasteiger partial charge < -0.3 is 19.8 Å². The maximum absolute atomic E-state index is 6.12. The van der Waals surface area contributed by atoms with Crippen LogP contribution in [-0.4, -0.2) is 16.8 Å². The number of halogens is 1. The first kappa shape index (κ1) is 12.3. The van der Waals surface area contributed by atoms with Crippen molar-refractivity contribution in [3.63, 3.8) is 0 Å². The lowest BCUT2D eigenvalue weighted by Crippen LogP contribution is -1.95. The van der Waals surface area contributed by atoms with Crippen molar-refractivity contribution in [2.24, 2.45) is 0 Å². The largest absolute Gasteiger partial charge is 0.454 e. The fourth-order valence-corrected chi connectivity index (χ4v) is 2.50. The van der Waals surface area contributed by atoms with Gasteiger partial charge in [-0.2, -0.15) is 0 Å². The van der Waals surface area contributed by atoms with Crippen LogP contribution in [0.15, 0.2) is 30.3 Å². The van der Waals surface area contributed by atoms with Gasteiger partial charge in [-0.15, -0.1) is 0 Å². The fourth-order valence-electron chi connectivity index (χ4n) is 2.33. The first-order valence-electron chi connectivity index (χ1n) is 6.52. The van der Waals surface area contributed by atoms with E-state index in [9.17, 15) is 0 Å². The van der Waals surface area contributed by atoms with E-state index in [2.05, 4.69) is 15.3 Å². The quantitative estimate of drug-likeness (QED) is 0.751. The summed E-state index contributed by atoms with van der Waals surface area (Å²) in [5.74, 6) is 2.11. The van der Waals surface area contributed by atoms with Crippen molar-refractivity contribution in [2.45, 2.75) is 6.92 Å². The number of hydrogen-bond donors (Lipinski definition) is 2. The molecular weight excluding hydrogens is 290 g/mol. The van der Waals surface area contributed by atoms with Gasteiger partial charge >= 0.3 is 0 Å². The van der Waals surface area contributed by atoms with Crippen molar-refractivity contribution in [3.05, 3.63) is 40.9 Å². The second kappa shape index (κ2) is 4.56. The van der Waals surface area contributed by atoms with Crippen molar-refractivity contribution in [3.8, 4) is 11.5 Å². The number of hydrogen-bond acceptors (Lipinski definition) is 4. The predicted octanol–water partition coefficient (Wildman–Crippen LogP) is 4.00. The number of H-pyrrole nitrogens is 1. The minimum atomic E-state index is 0.259. The van der Waals surface area contributed by atoms with Gasteiger partial charge in [-0.1, -0.05) is 17.7 Å². The van der Waals surface area contributed by atoms with Gasteiger partial charge in [0, 0.05) is 22.8 Å². The van der Waals surface area contributed by atoms with Gasteiger partial charge in [0.2, 0.25) is 12.7 Å². The number of rotatable bonds is 2. The lowest BCUT2D eigenvalue weighted by Gasteiger charge is -2.07. The molecule has 5 nitrogen and oxygen atoms in total. The average Bonchev–Trinajstić information content (AvgIpc) is 3.06. The van der Waals surface area contributed by atoms with E-state index in [4.69, 9.17) is 21.1 Å². The smallest absolute Gasteiger partial charge is 0.231 e. The summed E-state index contributed by atoms with van der Waals surface area (Å²) in [5, 5.41) is 3.96. The van der Waals surface area contributed by atoms with Crippen molar-refractivity contribution in [1.29, 1.82) is 0 Å². The summed E-state index contributed by atoms with van der Waals surface area (Å²) in [6.45, 7) is 2.22. The highest BCUT2D eigenvalue weighted by Crippen LogP contribution is 2.36. The Balaban J connectivity index is 1.73. The molecule has 0 unspecified atom stereocenters. The van der Waals surface area contributed by atoms with E-state index in [-0.39, 0.29) is 6.79 Å². The lowest BCUT2D eigenvalue weighted by atomic mass is 10.2. The van der Waals surface area contributed by atoms with Crippen LogP contribution in [-0.2, 0) is 0 Å². The van der Waals surface area contributed by atoms with Crippen molar-refractivity contribution < 1.29 is 9.47 Å². The number of nitrogens with one attached hydrogen (secondary N) is 2. The van der Waals surface area contributed by atoms with Gasteiger partial charge in [-0.25, -0.2) is 4.98 Å². The lowest BCUT2D eigenvalue weighted by molar-refractivity contribution is 0.174. The van der Waals surface area contributed by atoms with Gasteiger partial charge in [0.1, 0.15) is 0 Å². The average molecular weight is 302 g/mol. The van der Waals surface area contributed by atoms with E-state index in [1.54, 1.807) is 0 Å². The van der Waals surface area contributed by atoms with Gasteiger partial charge in [0.05, 0.1) is 11.0 Å². The predicted molar refractivity (Wildman–Crippen MR) is 81.7 cm³/mol. The topological polar surface area (TPSA) is 59.2 Å². The maximum Gasteiger partial charge on any atom is 0.231 e. The molecule has 3 aromatic rings. The fraction of sp³-hybridized carbons (Fsp3) is 0.133. The molecule has 2 aromatic carbocycles. The molecule has 0 saturated heterocycles. The zero-order chi connectivity index (χ0) is 14.4. The Morgan fingerprint density at radius 2 is 2.05 bits per heavy atom. The molecule has 0 amide bonds. The number of aromatic amines is 1. The van der Waals surface area contributed by atoms with Gasteiger partial charge in [-0.05, 0) is 24.6 Å². The third kappa shape index (κ3) is 2.06. The highest BCUT2D eigenvalue weighted by atomic mass is 35.5. The van der Waals surface area contributed by atoms with E-state index in [1.165, 1.54) is 0 Å². The second-order valence-corrected chi connectivity index (χ2v) is 5.25. The van der Waals surface area contributed by atoms with E-state index in [0.717, 1.165) is 38.8 Å². The van der Waals surface area contributed by atoms with Crippen LogP contribution in [0.4, 0.5) is 11.6 Å². The molecule has 106 valence electrons. The summed E-state index contributed by atoms with van der Waals surface area (Å²) in [5.41, 5.74) is 3.61. The summed E-state index contributed by atoms with van der Waals surface area (Å²) >= 11 is 6.12. The molecule has 2 N–H and O–H groups in total.